The number of esters is 1. The zero-order valence-corrected chi connectivity index (χ0v) is 11.2. The van der Waals surface area contributed by atoms with Crippen molar-refractivity contribution in [3.8, 4) is 0 Å². The number of hydrogen-bond acceptors (Lipinski definition) is 6. The lowest BCUT2D eigenvalue weighted by Crippen LogP contribution is -2.13. The molecular weight excluding hydrogens is 288 g/mol. The number of aliphatic hydroxyl groups excluding tert-OH is 1. The van der Waals surface area contributed by atoms with Crippen LogP contribution < -0.4 is 5.32 Å². The van der Waals surface area contributed by atoms with E-state index in [2.05, 4.69) is 11.9 Å². The maximum atomic E-state index is 11.9. The zero-order valence-electron chi connectivity index (χ0n) is 10.5. The number of rotatable bonds is 7. The highest BCUT2D eigenvalue weighted by atomic mass is 35.5. The fraction of sp³-hybridized carbons (Fsp3) is 0.250. The molecule has 8 heteroatoms. The Labute approximate surface area is 120 Å². The van der Waals surface area contributed by atoms with E-state index in [0.717, 1.165) is 6.07 Å². The monoisotopic (exact) mass is 300 g/mol. The van der Waals surface area contributed by atoms with Gasteiger partial charge in [-0.05, 0) is 6.07 Å². The quantitative estimate of drug-likeness (QED) is 0.453. The number of nitro groups is 1. The average Bonchev–Trinajstić information content (AvgIpc) is 2.42. The summed E-state index contributed by atoms with van der Waals surface area (Å²) >= 11 is 5.49. The smallest absolute Gasteiger partial charge is 0.340 e. The van der Waals surface area contributed by atoms with E-state index >= 15 is 0 Å². The first-order chi connectivity index (χ1) is 9.45. The van der Waals surface area contributed by atoms with Crippen LogP contribution in [0.15, 0.2) is 29.8 Å². The van der Waals surface area contributed by atoms with Crippen molar-refractivity contribution < 1.29 is 19.6 Å². The van der Waals surface area contributed by atoms with Crippen molar-refractivity contribution in [1.82, 2.24) is 0 Å². The number of anilines is 1. The van der Waals surface area contributed by atoms with Crippen LogP contribution in [0.5, 0.6) is 0 Å². The molecule has 108 valence electrons. The number of nitrogens with one attached hydrogen (secondary N) is 1. The first kappa shape index (κ1) is 15.9. The summed E-state index contributed by atoms with van der Waals surface area (Å²) in [6.07, 6.45) is 0. The van der Waals surface area contributed by atoms with Gasteiger partial charge in [0, 0.05) is 29.4 Å². The molecule has 0 fully saturated rings. The van der Waals surface area contributed by atoms with Crippen LogP contribution >= 0.6 is 11.6 Å². The van der Waals surface area contributed by atoms with E-state index in [1.807, 2.05) is 0 Å². The third-order valence-electron chi connectivity index (χ3n) is 2.22. The molecule has 1 rings (SSSR count). The van der Waals surface area contributed by atoms with Crippen molar-refractivity contribution in [3.05, 3.63) is 45.5 Å². The first-order valence-corrected chi connectivity index (χ1v) is 5.97. The minimum Gasteiger partial charge on any atom is -0.456 e. The number of nitro benzene ring substituents is 1. The van der Waals surface area contributed by atoms with Gasteiger partial charge in [0.05, 0.1) is 17.1 Å². The summed E-state index contributed by atoms with van der Waals surface area (Å²) in [4.78, 5) is 22.0. The van der Waals surface area contributed by atoms with E-state index < -0.39 is 10.9 Å². The molecule has 0 spiro atoms. The van der Waals surface area contributed by atoms with Gasteiger partial charge in [-0.2, -0.15) is 0 Å². The highest BCUT2D eigenvalue weighted by Crippen LogP contribution is 2.23. The molecule has 0 saturated carbocycles. The fourth-order valence-electron chi connectivity index (χ4n) is 1.38. The lowest BCUT2D eigenvalue weighted by molar-refractivity contribution is -0.384. The lowest BCUT2D eigenvalue weighted by Gasteiger charge is -2.10. The fourth-order valence-corrected chi connectivity index (χ4v) is 1.44. The van der Waals surface area contributed by atoms with E-state index in [4.69, 9.17) is 21.4 Å². The van der Waals surface area contributed by atoms with Crippen LogP contribution in [0.4, 0.5) is 11.4 Å². The maximum absolute atomic E-state index is 11.9. The van der Waals surface area contributed by atoms with Gasteiger partial charge in [-0.25, -0.2) is 4.79 Å². The summed E-state index contributed by atoms with van der Waals surface area (Å²) in [6, 6.07) is 3.72. The van der Waals surface area contributed by atoms with Gasteiger partial charge in [0.15, 0.2) is 0 Å². The number of aliphatic hydroxyl groups is 1. The summed E-state index contributed by atoms with van der Waals surface area (Å²) in [5.41, 5.74) is 0.0802. The van der Waals surface area contributed by atoms with Gasteiger partial charge in [0.25, 0.3) is 5.69 Å². The van der Waals surface area contributed by atoms with Gasteiger partial charge >= 0.3 is 5.97 Å². The molecule has 0 unspecified atom stereocenters. The topological polar surface area (TPSA) is 102 Å². The highest BCUT2D eigenvalue weighted by Gasteiger charge is 2.18. The second-order valence-electron chi connectivity index (χ2n) is 3.73. The Balaban J connectivity index is 3.03. The molecule has 2 N–H and O–H groups in total. The van der Waals surface area contributed by atoms with Gasteiger partial charge in [0.1, 0.15) is 6.61 Å². The van der Waals surface area contributed by atoms with Crippen LogP contribution in [0, 0.1) is 10.1 Å². The number of benzene rings is 1. The van der Waals surface area contributed by atoms with E-state index in [0.29, 0.717) is 5.69 Å². The SMILES string of the molecule is C=C(Cl)COC(=O)c1cc([N+](=O)[O-])ccc1NCCO. The predicted octanol–water partition coefficient (Wildman–Crippen LogP) is 1.91. The third kappa shape index (κ3) is 4.52. The predicted molar refractivity (Wildman–Crippen MR) is 73.9 cm³/mol. The third-order valence-corrected chi connectivity index (χ3v) is 2.33. The standard InChI is InChI=1S/C12H13ClN2O5/c1-8(13)7-20-12(17)10-6-9(15(18)19)2-3-11(10)14-4-5-16/h2-3,6,14,16H,1,4-5,7H2. The minimum absolute atomic E-state index is 0.00873. The Morgan fingerprint density at radius 1 is 1.55 bits per heavy atom. The molecule has 0 aromatic heterocycles. The molecule has 20 heavy (non-hydrogen) atoms. The average molecular weight is 301 g/mol. The number of halogens is 1. The molecule has 0 aliphatic heterocycles. The number of hydrogen-bond donors (Lipinski definition) is 2. The summed E-state index contributed by atoms with van der Waals surface area (Å²) < 4.78 is 4.85. The zero-order chi connectivity index (χ0) is 15.1. The summed E-state index contributed by atoms with van der Waals surface area (Å²) in [5, 5.41) is 22.4. The number of nitrogens with zero attached hydrogens (tertiary/aromatic N) is 1. The van der Waals surface area contributed by atoms with Crippen molar-refractivity contribution >= 4 is 28.9 Å². The normalized spacial score (nSPS) is 9.90. The van der Waals surface area contributed by atoms with Gasteiger partial charge in [-0.3, -0.25) is 10.1 Å². The van der Waals surface area contributed by atoms with Gasteiger partial charge < -0.3 is 15.2 Å². The molecule has 0 saturated heterocycles. The van der Waals surface area contributed by atoms with E-state index in [9.17, 15) is 14.9 Å². The van der Waals surface area contributed by atoms with Crippen LogP contribution in [-0.4, -0.2) is 35.8 Å². The van der Waals surface area contributed by atoms with E-state index in [1.54, 1.807) is 0 Å². The van der Waals surface area contributed by atoms with Crippen molar-refractivity contribution in [1.29, 1.82) is 0 Å². The van der Waals surface area contributed by atoms with Crippen LogP contribution in [0.2, 0.25) is 0 Å². The molecule has 0 radical (unpaired) electrons. The summed E-state index contributed by atoms with van der Waals surface area (Å²) in [7, 11) is 0. The maximum Gasteiger partial charge on any atom is 0.340 e. The number of ether oxygens (including phenoxy) is 1. The first-order valence-electron chi connectivity index (χ1n) is 5.59. The van der Waals surface area contributed by atoms with Gasteiger partial charge in [-0.1, -0.05) is 18.2 Å². The summed E-state index contributed by atoms with van der Waals surface area (Å²) in [5.74, 6) is -0.768. The van der Waals surface area contributed by atoms with Crippen molar-refractivity contribution in [3.63, 3.8) is 0 Å². The molecule has 1 aromatic rings. The van der Waals surface area contributed by atoms with E-state index in [1.165, 1.54) is 12.1 Å². The molecule has 0 aliphatic carbocycles. The Hall–Kier alpha value is -2.12. The molecular formula is C12H13ClN2O5. The van der Waals surface area contributed by atoms with Crippen molar-refractivity contribution in [2.75, 3.05) is 25.1 Å². The summed E-state index contributed by atoms with van der Waals surface area (Å²) in [6.45, 7) is 3.22. The number of carbonyl (C=O) groups is 1. The molecule has 0 bridgehead atoms. The molecule has 0 heterocycles. The Morgan fingerprint density at radius 3 is 2.80 bits per heavy atom. The molecule has 0 atom stereocenters. The molecule has 7 nitrogen and oxygen atoms in total. The lowest BCUT2D eigenvalue weighted by atomic mass is 10.1. The highest BCUT2D eigenvalue weighted by molar-refractivity contribution is 6.29. The number of carbonyl (C=O) groups excluding carboxylic acids is 1. The molecule has 0 aliphatic rings. The second-order valence-corrected chi connectivity index (χ2v) is 4.27. The second kappa shape index (κ2) is 7.46. The van der Waals surface area contributed by atoms with Crippen molar-refractivity contribution in [2.45, 2.75) is 0 Å². The van der Waals surface area contributed by atoms with Crippen LogP contribution in [-0.2, 0) is 4.74 Å². The number of non-ortho nitro benzene ring substituents is 1. The Kier molecular flexibility index (Phi) is 5.95. The molecule has 1 aromatic carbocycles. The van der Waals surface area contributed by atoms with E-state index in [-0.39, 0.29) is 36.0 Å². The van der Waals surface area contributed by atoms with Crippen molar-refractivity contribution in [2.24, 2.45) is 0 Å². The van der Waals surface area contributed by atoms with Crippen LogP contribution in [0.25, 0.3) is 0 Å². The van der Waals surface area contributed by atoms with Gasteiger partial charge in [-0.15, -0.1) is 0 Å². The van der Waals surface area contributed by atoms with Crippen LogP contribution in [0.1, 0.15) is 10.4 Å². The van der Waals surface area contributed by atoms with Gasteiger partial charge in [0.2, 0.25) is 0 Å². The Morgan fingerprint density at radius 2 is 2.25 bits per heavy atom. The molecule has 0 amide bonds. The largest absolute Gasteiger partial charge is 0.456 e. The minimum atomic E-state index is -0.768. The Bertz CT molecular complexity index is 533. The van der Waals surface area contributed by atoms with Crippen LogP contribution in [0.3, 0.4) is 0 Å².